The number of Topliss-reactive ketones (excluding diaryl/α,β-unsaturated/α-hetero) is 3. The van der Waals surface area contributed by atoms with Crippen LogP contribution in [0.25, 0.3) is 0 Å². The van der Waals surface area contributed by atoms with E-state index in [9.17, 15) is 19.5 Å². The molecule has 0 aliphatic rings. The molecule has 0 aromatic heterocycles. The fraction of sp³-hybridized carbons (Fsp3) is 0.167. The van der Waals surface area contributed by atoms with Crippen LogP contribution >= 0.6 is 0 Å². The summed E-state index contributed by atoms with van der Waals surface area (Å²) < 4.78 is 5.00. The van der Waals surface area contributed by atoms with E-state index >= 15 is 0 Å². The maximum Gasteiger partial charge on any atom is 0.170 e. The summed E-state index contributed by atoms with van der Waals surface area (Å²) in [6.07, 6.45) is -0.664. The molecule has 2 aromatic rings. The van der Waals surface area contributed by atoms with Gasteiger partial charge in [0, 0.05) is 11.1 Å². The normalized spacial score (nSPS) is 10.1. The summed E-state index contributed by atoms with van der Waals surface area (Å²) in [5.41, 5.74) is 0.726. The smallest absolute Gasteiger partial charge is 0.170 e. The Morgan fingerprint density at radius 1 is 0.826 bits per heavy atom. The number of phenols is 1. The van der Waals surface area contributed by atoms with Crippen LogP contribution in [0.15, 0.2) is 48.5 Å². The summed E-state index contributed by atoms with van der Waals surface area (Å²) in [5.74, 6) is -0.490. The summed E-state index contributed by atoms with van der Waals surface area (Å²) in [7, 11) is 1.52. The molecule has 0 atom stereocenters. The Hall–Kier alpha value is -2.95. The first-order valence-electron chi connectivity index (χ1n) is 7.01. The van der Waals surface area contributed by atoms with Gasteiger partial charge >= 0.3 is 0 Å². The zero-order chi connectivity index (χ0) is 16.8. The molecule has 0 heterocycles. The van der Waals surface area contributed by atoms with Crippen LogP contribution in [0.5, 0.6) is 11.5 Å². The lowest BCUT2D eigenvalue weighted by Crippen LogP contribution is -2.13. The van der Waals surface area contributed by atoms with Crippen molar-refractivity contribution in [3.05, 3.63) is 59.7 Å². The number of phenolic OH excluding ortho intramolecular Hbond substituents is 1. The van der Waals surface area contributed by atoms with Crippen LogP contribution in [-0.4, -0.2) is 29.6 Å². The maximum atomic E-state index is 12.0. The molecule has 118 valence electrons. The molecule has 0 amide bonds. The highest BCUT2D eigenvalue weighted by atomic mass is 16.5. The number of carbonyl (C=O) groups is 3. The molecule has 1 N–H and O–H groups in total. The van der Waals surface area contributed by atoms with Crippen molar-refractivity contribution < 1.29 is 24.2 Å². The molecule has 0 saturated carbocycles. The van der Waals surface area contributed by atoms with Crippen molar-refractivity contribution in [2.24, 2.45) is 0 Å². The van der Waals surface area contributed by atoms with Crippen molar-refractivity contribution in [1.82, 2.24) is 0 Å². The Balaban J connectivity index is 1.94. The average molecular weight is 312 g/mol. The van der Waals surface area contributed by atoms with Gasteiger partial charge in [0.1, 0.15) is 17.3 Å². The maximum absolute atomic E-state index is 12.0. The summed E-state index contributed by atoms with van der Waals surface area (Å²) in [5, 5.41) is 9.17. The van der Waals surface area contributed by atoms with E-state index in [4.69, 9.17) is 4.74 Å². The van der Waals surface area contributed by atoms with Gasteiger partial charge in [-0.3, -0.25) is 14.4 Å². The average Bonchev–Trinajstić information content (AvgIpc) is 2.55. The van der Waals surface area contributed by atoms with Crippen molar-refractivity contribution in [2.45, 2.75) is 12.8 Å². The first-order chi connectivity index (χ1) is 11.0. The largest absolute Gasteiger partial charge is 0.508 e. The number of rotatable bonds is 7. The second kappa shape index (κ2) is 7.35. The van der Waals surface area contributed by atoms with Crippen LogP contribution in [0.4, 0.5) is 0 Å². The molecule has 5 heteroatoms. The fourth-order valence-electron chi connectivity index (χ4n) is 2.05. The highest BCUT2D eigenvalue weighted by Crippen LogP contribution is 2.15. The minimum absolute atomic E-state index is 0.0440. The van der Waals surface area contributed by atoms with Crippen LogP contribution < -0.4 is 4.74 Å². The third-order valence-corrected chi connectivity index (χ3v) is 3.32. The monoisotopic (exact) mass is 312 g/mol. The molecule has 0 unspecified atom stereocenters. The number of benzene rings is 2. The molecule has 0 saturated heterocycles. The number of ketones is 3. The Kier molecular flexibility index (Phi) is 5.25. The van der Waals surface area contributed by atoms with E-state index in [2.05, 4.69) is 0 Å². The summed E-state index contributed by atoms with van der Waals surface area (Å²) in [6, 6.07) is 12.1. The van der Waals surface area contributed by atoms with Gasteiger partial charge in [0.25, 0.3) is 0 Å². The lowest BCUT2D eigenvalue weighted by molar-refractivity contribution is -0.117. The van der Waals surface area contributed by atoms with Crippen LogP contribution in [0.2, 0.25) is 0 Å². The van der Waals surface area contributed by atoms with E-state index in [-0.39, 0.29) is 30.2 Å². The Labute approximate surface area is 133 Å². The van der Waals surface area contributed by atoms with Gasteiger partial charge in [-0.25, -0.2) is 0 Å². The highest BCUT2D eigenvalue weighted by Gasteiger charge is 2.16. The number of methoxy groups -OCH3 is 1. The van der Waals surface area contributed by atoms with E-state index in [1.54, 1.807) is 24.3 Å². The van der Waals surface area contributed by atoms with Gasteiger partial charge < -0.3 is 9.84 Å². The van der Waals surface area contributed by atoms with E-state index < -0.39 is 5.78 Å². The standard InChI is InChI=1S/C18H16O5/c1-23-16-8-4-13(5-9-16)18(22)11-15(20)10-17(21)12-2-6-14(19)7-3-12/h2-9,19H,10-11H2,1H3. The zero-order valence-corrected chi connectivity index (χ0v) is 12.6. The minimum atomic E-state index is -0.441. The number of aromatic hydroxyl groups is 1. The van der Waals surface area contributed by atoms with Crippen molar-refractivity contribution in [2.75, 3.05) is 7.11 Å². The van der Waals surface area contributed by atoms with Crippen LogP contribution in [0.3, 0.4) is 0 Å². The first-order valence-corrected chi connectivity index (χ1v) is 7.01. The molecule has 0 spiro atoms. The topological polar surface area (TPSA) is 80.7 Å². The third-order valence-electron chi connectivity index (χ3n) is 3.32. The van der Waals surface area contributed by atoms with E-state index in [0.717, 1.165) is 0 Å². The minimum Gasteiger partial charge on any atom is -0.508 e. The van der Waals surface area contributed by atoms with Crippen molar-refractivity contribution in [3.63, 3.8) is 0 Å². The number of hydrogen-bond donors (Lipinski definition) is 1. The second-order valence-electron chi connectivity index (χ2n) is 5.01. The summed E-state index contributed by atoms with van der Waals surface area (Å²) >= 11 is 0. The highest BCUT2D eigenvalue weighted by molar-refractivity contribution is 6.15. The molecule has 23 heavy (non-hydrogen) atoms. The van der Waals surface area contributed by atoms with Gasteiger partial charge in [-0.05, 0) is 48.5 Å². The predicted octanol–water partition coefficient (Wildman–Crippen LogP) is 2.82. The Morgan fingerprint density at radius 2 is 1.26 bits per heavy atom. The van der Waals surface area contributed by atoms with Crippen LogP contribution in [0, 0.1) is 0 Å². The molecule has 0 bridgehead atoms. The molecular weight excluding hydrogens is 296 g/mol. The van der Waals surface area contributed by atoms with Gasteiger partial charge in [0.05, 0.1) is 20.0 Å². The predicted molar refractivity (Wildman–Crippen MR) is 84.0 cm³/mol. The van der Waals surface area contributed by atoms with E-state index in [1.807, 2.05) is 0 Å². The van der Waals surface area contributed by atoms with Gasteiger partial charge in [-0.2, -0.15) is 0 Å². The van der Waals surface area contributed by atoms with Crippen molar-refractivity contribution in [1.29, 1.82) is 0 Å². The number of hydrogen-bond acceptors (Lipinski definition) is 5. The van der Waals surface area contributed by atoms with Gasteiger partial charge in [0.2, 0.25) is 0 Å². The zero-order valence-electron chi connectivity index (χ0n) is 12.6. The SMILES string of the molecule is COc1ccc(C(=O)CC(=O)CC(=O)c2ccc(O)cc2)cc1. The molecule has 0 fully saturated rings. The molecule has 5 nitrogen and oxygen atoms in total. The Morgan fingerprint density at radius 3 is 1.70 bits per heavy atom. The fourth-order valence-corrected chi connectivity index (χ4v) is 2.05. The van der Waals surface area contributed by atoms with E-state index in [1.165, 1.54) is 31.4 Å². The lowest BCUT2D eigenvalue weighted by Gasteiger charge is -2.03. The van der Waals surface area contributed by atoms with Crippen LogP contribution in [-0.2, 0) is 4.79 Å². The second-order valence-corrected chi connectivity index (χ2v) is 5.01. The summed E-state index contributed by atoms with van der Waals surface area (Å²) in [6.45, 7) is 0. The third kappa shape index (κ3) is 4.51. The molecular formula is C18H16O5. The molecule has 0 aliphatic carbocycles. The molecule has 0 aliphatic heterocycles. The van der Waals surface area contributed by atoms with Crippen LogP contribution in [0.1, 0.15) is 33.6 Å². The molecule has 2 rings (SSSR count). The number of ether oxygens (including phenoxy) is 1. The van der Waals surface area contributed by atoms with E-state index in [0.29, 0.717) is 16.9 Å². The Bertz CT molecular complexity index is 714. The quantitative estimate of drug-likeness (QED) is 0.628. The lowest BCUT2D eigenvalue weighted by atomic mass is 10.0. The molecule has 0 radical (unpaired) electrons. The van der Waals surface area contributed by atoms with Gasteiger partial charge in [0.15, 0.2) is 11.6 Å². The summed E-state index contributed by atoms with van der Waals surface area (Å²) in [4.78, 5) is 35.8. The molecule has 2 aromatic carbocycles. The van der Waals surface area contributed by atoms with Crippen molar-refractivity contribution in [3.8, 4) is 11.5 Å². The van der Waals surface area contributed by atoms with Gasteiger partial charge in [-0.1, -0.05) is 0 Å². The first kappa shape index (κ1) is 16.4. The van der Waals surface area contributed by atoms with Crippen molar-refractivity contribution >= 4 is 17.3 Å². The number of carbonyl (C=O) groups excluding carboxylic acids is 3. The van der Waals surface area contributed by atoms with Gasteiger partial charge in [-0.15, -0.1) is 0 Å².